The molecule has 2 aliphatic heterocycles. The van der Waals surface area contributed by atoms with Crippen molar-refractivity contribution in [2.24, 2.45) is 10.8 Å². The molecular formula is C44H58N2O8S2. The van der Waals surface area contributed by atoms with E-state index >= 15 is 0 Å². The van der Waals surface area contributed by atoms with E-state index < -0.39 is 54.5 Å². The first-order valence-corrected chi connectivity index (χ1v) is 23.1. The van der Waals surface area contributed by atoms with Crippen molar-refractivity contribution in [3.8, 4) is 0 Å². The van der Waals surface area contributed by atoms with E-state index in [4.69, 9.17) is 0 Å². The number of unbranched alkanes of at least 4 members (excludes halogenated alkanes) is 2. The minimum absolute atomic E-state index is 0.0695. The first kappa shape index (κ1) is 43.3. The summed E-state index contributed by atoms with van der Waals surface area (Å²) in [6.07, 6.45) is 4.38. The van der Waals surface area contributed by atoms with Crippen LogP contribution in [0, 0.1) is 10.8 Å². The van der Waals surface area contributed by atoms with E-state index in [9.17, 15) is 37.5 Å². The average Bonchev–Trinajstić information content (AvgIpc) is 3.33. The van der Waals surface area contributed by atoms with Gasteiger partial charge in [0, 0.05) is 22.7 Å². The van der Waals surface area contributed by atoms with Crippen LogP contribution in [0.25, 0.3) is 0 Å². The van der Waals surface area contributed by atoms with Gasteiger partial charge in [-0.25, -0.2) is 16.8 Å². The van der Waals surface area contributed by atoms with Gasteiger partial charge in [0.15, 0.2) is 19.7 Å². The number of hydrogen-bond donors (Lipinski definition) is 6. The maximum Gasteiger partial charge on any atom is 0.179 e. The third-order valence-corrected chi connectivity index (χ3v) is 16.2. The second-order valence-corrected chi connectivity index (χ2v) is 19.5. The summed E-state index contributed by atoms with van der Waals surface area (Å²) in [5, 5.41) is 42.0. The van der Waals surface area contributed by atoms with Crippen LogP contribution < -0.4 is 11.0 Å². The number of aliphatic hydroxyl groups excluding tert-OH is 2. The molecule has 2 heterocycles. The van der Waals surface area contributed by atoms with Gasteiger partial charge in [0.05, 0.1) is 44.9 Å². The molecule has 0 aromatic heterocycles. The zero-order chi connectivity index (χ0) is 40.7. The van der Waals surface area contributed by atoms with Crippen LogP contribution in [0.5, 0.6) is 0 Å². The van der Waals surface area contributed by atoms with Crippen LogP contribution in [0.2, 0.25) is 0 Å². The van der Waals surface area contributed by atoms with Crippen molar-refractivity contribution in [3.63, 3.8) is 0 Å². The topological polar surface area (TPSA) is 173 Å². The smallest absolute Gasteiger partial charge is 0.179 e. The molecule has 56 heavy (non-hydrogen) atoms. The molecule has 0 bridgehead atoms. The van der Waals surface area contributed by atoms with Gasteiger partial charge in [0.25, 0.3) is 0 Å². The summed E-state index contributed by atoms with van der Waals surface area (Å²) < 4.78 is 53.4. The Morgan fingerprint density at radius 3 is 1.23 bits per heavy atom. The molecule has 0 spiro atoms. The normalized spacial score (nSPS) is 26.3. The molecule has 12 heteroatoms. The molecule has 6 rings (SSSR count). The molecule has 304 valence electrons. The maximum absolute atomic E-state index is 13.4. The number of aliphatic hydroxyl groups is 2. The molecule has 0 aliphatic carbocycles. The minimum Gasteiger partial charge on any atom is -0.392 e. The third-order valence-electron chi connectivity index (χ3n) is 12.2. The summed E-state index contributed by atoms with van der Waals surface area (Å²) in [6.45, 7) is 8.08. The highest BCUT2D eigenvalue weighted by atomic mass is 32.2. The summed E-state index contributed by atoms with van der Waals surface area (Å²) in [4.78, 5) is 0.484. The standard InChI is InChI=1S/2C22H29NO4S/c2*1-3-5-13-22(4-2)15-28(26,27)19-12-11-17(23-25)14-18(19)20(21(22)24)16-9-7-6-8-10-16/h2*6-12,14,20-21,23-25H,3-5,13,15H2,1-2H3/t20?,21-,22-;20-,21-,22+/m10/s1. The number of benzene rings is 4. The van der Waals surface area contributed by atoms with Gasteiger partial charge >= 0.3 is 0 Å². The number of rotatable bonds is 12. The van der Waals surface area contributed by atoms with Gasteiger partial charge in [-0.2, -0.15) is 0 Å². The SMILES string of the molecule is CCCC[C@]1(CC)CS(=O)(=O)c2ccc(NO)cc2C(c2ccccc2)[C@H]1O.CCCC[C@]1(CC)CS(=O)(=O)c2ccc(NO)cc2[C@H](c2ccccc2)[C@@H]1O. The summed E-state index contributed by atoms with van der Waals surface area (Å²) in [6, 6.07) is 28.6. The van der Waals surface area contributed by atoms with Crippen LogP contribution in [0.1, 0.15) is 113 Å². The predicted octanol–water partition coefficient (Wildman–Crippen LogP) is 8.71. The van der Waals surface area contributed by atoms with E-state index in [1.54, 1.807) is 24.3 Å². The Bertz CT molecular complexity index is 1980. The lowest BCUT2D eigenvalue weighted by atomic mass is 9.69. The van der Waals surface area contributed by atoms with Crippen LogP contribution in [-0.4, -0.2) is 61.2 Å². The number of sulfone groups is 2. The number of nitrogens with one attached hydrogen (secondary N) is 2. The Kier molecular flexibility index (Phi) is 14.1. The van der Waals surface area contributed by atoms with Crippen molar-refractivity contribution in [3.05, 3.63) is 119 Å². The summed E-state index contributed by atoms with van der Waals surface area (Å²) in [5.74, 6) is -1.11. The molecule has 0 amide bonds. The van der Waals surface area contributed by atoms with Gasteiger partial charge in [-0.1, -0.05) is 114 Å². The maximum atomic E-state index is 13.4. The first-order valence-electron chi connectivity index (χ1n) is 19.8. The van der Waals surface area contributed by atoms with E-state index in [0.717, 1.165) is 36.8 Å². The molecular weight excluding hydrogens is 749 g/mol. The Balaban J connectivity index is 0.000000214. The monoisotopic (exact) mass is 806 g/mol. The molecule has 6 N–H and O–H groups in total. The van der Waals surface area contributed by atoms with Gasteiger partial charge in [-0.05, 0) is 84.3 Å². The van der Waals surface area contributed by atoms with E-state index in [2.05, 4.69) is 24.8 Å². The van der Waals surface area contributed by atoms with Crippen LogP contribution in [0.3, 0.4) is 0 Å². The fourth-order valence-corrected chi connectivity index (χ4v) is 13.4. The first-order chi connectivity index (χ1) is 26.8. The van der Waals surface area contributed by atoms with E-state index in [0.29, 0.717) is 48.2 Å². The lowest BCUT2D eigenvalue weighted by Gasteiger charge is -2.39. The van der Waals surface area contributed by atoms with E-state index in [1.807, 2.05) is 74.5 Å². The van der Waals surface area contributed by atoms with Gasteiger partial charge < -0.3 is 10.2 Å². The van der Waals surface area contributed by atoms with Gasteiger partial charge in [0.1, 0.15) is 0 Å². The molecule has 0 fully saturated rings. The molecule has 10 nitrogen and oxygen atoms in total. The molecule has 0 radical (unpaired) electrons. The Labute approximate surface area is 332 Å². The highest BCUT2D eigenvalue weighted by Gasteiger charge is 2.50. The van der Waals surface area contributed by atoms with E-state index in [-0.39, 0.29) is 21.3 Å². The summed E-state index contributed by atoms with van der Waals surface area (Å²) >= 11 is 0. The van der Waals surface area contributed by atoms with Crippen molar-refractivity contribution in [2.45, 2.75) is 113 Å². The van der Waals surface area contributed by atoms with Gasteiger partial charge in [-0.3, -0.25) is 21.4 Å². The molecule has 4 aromatic carbocycles. The largest absolute Gasteiger partial charge is 0.392 e. The molecule has 0 saturated carbocycles. The number of anilines is 2. The van der Waals surface area contributed by atoms with Crippen LogP contribution in [0.15, 0.2) is 107 Å². The predicted molar refractivity (Wildman–Crippen MR) is 221 cm³/mol. The fraction of sp³-hybridized carbons (Fsp3) is 0.455. The van der Waals surface area contributed by atoms with Crippen LogP contribution in [-0.2, 0) is 19.7 Å². The van der Waals surface area contributed by atoms with Crippen molar-refractivity contribution < 1.29 is 37.5 Å². The van der Waals surface area contributed by atoms with Crippen molar-refractivity contribution in [1.29, 1.82) is 0 Å². The Hall–Kier alpha value is -3.78. The number of fused-ring (bicyclic) bond motifs is 2. The van der Waals surface area contributed by atoms with Crippen LogP contribution in [0.4, 0.5) is 11.4 Å². The number of hydrogen-bond acceptors (Lipinski definition) is 10. The summed E-state index contributed by atoms with van der Waals surface area (Å²) in [7, 11) is -7.19. The van der Waals surface area contributed by atoms with Crippen molar-refractivity contribution >= 4 is 31.0 Å². The zero-order valence-corrected chi connectivity index (χ0v) is 34.5. The second-order valence-electron chi connectivity index (χ2n) is 15.6. The molecule has 6 atom stereocenters. The lowest BCUT2D eigenvalue weighted by molar-refractivity contribution is 0.0173. The summed E-state index contributed by atoms with van der Waals surface area (Å²) in [5.41, 5.74) is 6.38. The zero-order valence-electron chi connectivity index (χ0n) is 32.9. The van der Waals surface area contributed by atoms with Crippen molar-refractivity contribution in [1.82, 2.24) is 0 Å². The molecule has 2 aliphatic rings. The Morgan fingerprint density at radius 2 is 0.929 bits per heavy atom. The molecule has 4 aromatic rings. The fourth-order valence-electron chi connectivity index (χ4n) is 8.94. The Morgan fingerprint density at radius 1 is 0.571 bits per heavy atom. The second kappa shape index (κ2) is 18.2. The van der Waals surface area contributed by atoms with E-state index in [1.165, 1.54) is 12.1 Å². The third kappa shape index (κ3) is 8.71. The van der Waals surface area contributed by atoms with Gasteiger partial charge in [-0.15, -0.1) is 0 Å². The van der Waals surface area contributed by atoms with Gasteiger partial charge in [0.2, 0.25) is 0 Å². The highest BCUT2D eigenvalue weighted by Crippen LogP contribution is 2.50. The molecule has 0 saturated heterocycles. The molecule has 1 unspecified atom stereocenters. The van der Waals surface area contributed by atoms with Crippen molar-refractivity contribution in [2.75, 3.05) is 22.5 Å². The lowest BCUT2D eigenvalue weighted by Crippen LogP contribution is -2.42. The highest BCUT2D eigenvalue weighted by molar-refractivity contribution is 7.91. The minimum atomic E-state index is -3.60. The quantitative estimate of drug-likeness (QED) is 0.0761. The van der Waals surface area contributed by atoms with Crippen LogP contribution >= 0.6 is 0 Å². The average molecular weight is 807 g/mol.